The molecule has 136 valence electrons. The number of carbonyl (C=O) groups excluding carboxylic acids is 1. The van der Waals surface area contributed by atoms with Crippen molar-refractivity contribution in [2.24, 2.45) is 0 Å². The van der Waals surface area contributed by atoms with E-state index in [9.17, 15) is 9.90 Å². The number of aromatic hydroxyl groups is 1. The minimum atomic E-state index is -0.205. The number of hydrogen-bond acceptors (Lipinski definition) is 4. The number of allylic oxidation sites excluding steroid dienone is 1. The Kier molecular flexibility index (Phi) is 4.52. The fraction of sp³-hybridized carbons (Fsp3) is 0.136. The first-order chi connectivity index (χ1) is 13.1. The standard InChI is InChI=1S/C22H19NO4/c1-23(13-15-6-3-2-4-7-15)14-18-19(24)10-9-17-21(25)20(27-22(17)18)12-16-8-5-11-26-16/h2-12,24H,13-14H2,1H3/p+1/b20-12+. The Morgan fingerprint density at radius 1 is 1.04 bits per heavy atom. The van der Waals surface area contributed by atoms with Gasteiger partial charge in [-0.25, -0.2) is 0 Å². The van der Waals surface area contributed by atoms with Gasteiger partial charge in [-0.3, -0.25) is 4.79 Å². The smallest absolute Gasteiger partial charge is 0.232 e. The molecule has 0 bridgehead atoms. The second-order valence-corrected chi connectivity index (χ2v) is 6.69. The van der Waals surface area contributed by atoms with Gasteiger partial charge in [0, 0.05) is 11.6 Å². The SMILES string of the molecule is C[NH+](Cc1ccccc1)Cc1c(O)ccc2c1O/C(=C/c1ccco1)C2=O. The van der Waals surface area contributed by atoms with Gasteiger partial charge in [0.05, 0.1) is 24.4 Å². The van der Waals surface area contributed by atoms with E-state index in [1.165, 1.54) is 16.7 Å². The summed E-state index contributed by atoms with van der Waals surface area (Å²) >= 11 is 0. The van der Waals surface area contributed by atoms with Crippen molar-refractivity contribution >= 4 is 11.9 Å². The van der Waals surface area contributed by atoms with Gasteiger partial charge in [-0.2, -0.15) is 0 Å². The number of hydrogen-bond donors (Lipinski definition) is 2. The van der Waals surface area contributed by atoms with Gasteiger partial charge in [-0.1, -0.05) is 30.3 Å². The summed E-state index contributed by atoms with van der Waals surface area (Å²) in [5.74, 6) is 1.11. The number of phenolic OH excluding ortho intramolecular Hbond substituents is 1. The molecule has 1 aliphatic heterocycles. The molecule has 0 spiro atoms. The first-order valence-corrected chi connectivity index (χ1v) is 8.79. The summed E-state index contributed by atoms with van der Waals surface area (Å²) in [6.45, 7) is 1.33. The van der Waals surface area contributed by atoms with Gasteiger partial charge in [0.2, 0.25) is 5.78 Å². The van der Waals surface area contributed by atoms with Crippen LogP contribution >= 0.6 is 0 Å². The predicted molar refractivity (Wildman–Crippen MR) is 100 cm³/mol. The molecule has 4 rings (SSSR count). The summed E-state index contributed by atoms with van der Waals surface area (Å²) in [5.41, 5.74) is 2.31. The summed E-state index contributed by atoms with van der Waals surface area (Å²) in [6, 6.07) is 16.8. The monoisotopic (exact) mass is 362 g/mol. The van der Waals surface area contributed by atoms with Gasteiger partial charge in [-0.15, -0.1) is 0 Å². The highest BCUT2D eigenvalue weighted by atomic mass is 16.5. The number of rotatable bonds is 5. The van der Waals surface area contributed by atoms with Crippen LogP contribution in [0, 0.1) is 0 Å². The van der Waals surface area contributed by atoms with E-state index in [1.54, 1.807) is 30.3 Å². The summed E-state index contributed by atoms with van der Waals surface area (Å²) < 4.78 is 11.1. The van der Waals surface area contributed by atoms with Crippen LogP contribution in [-0.2, 0) is 13.1 Å². The lowest BCUT2D eigenvalue weighted by Gasteiger charge is -2.16. The maximum absolute atomic E-state index is 12.6. The molecule has 27 heavy (non-hydrogen) atoms. The van der Waals surface area contributed by atoms with Crippen molar-refractivity contribution in [2.45, 2.75) is 13.1 Å². The highest BCUT2D eigenvalue weighted by Gasteiger charge is 2.32. The van der Waals surface area contributed by atoms with E-state index < -0.39 is 0 Å². The molecule has 1 aromatic heterocycles. The minimum absolute atomic E-state index is 0.133. The number of benzene rings is 2. The second kappa shape index (κ2) is 7.13. The van der Waals surface area contributed by atoms with Crippen molar-refractivity contribution in [3.05, 3.63) is 89.1 Å². The molecule has 0 amide bonds. The molecule has 1 atom stereocenters. The van der Waals surface area contributed by atoms with Crippen LogP contribution in [0.25, 0.3) is 6.08 Å². The summed E-state index contributed by atoms with van der Waals surface area (Å²) in [4.78, 5) is 13.8. The predicted octanol–water partition coefficient (Wildman–Crippen LogP) is 2.82. The van der Waals surface area contributed by atoms with E-state index in [4.69, 9.17) is 9.15 Å². The molecule has 2 aromatic carbocycles. The van der Waals surface area contributed by atoms with E-state index in [1.807, 2.05) is 25.2 Å². The van der Waals surface area contributed by atoms with Gasteiger partial charge in [0.15, 0.2) is 11.5 Å². The number of furan rings is 1. The summed E-state index contributed by atoms with van der Waals surface area (Å²) in [6.07, 6.45) is 3.11. The normalized spacial score (nSPS) is 15.6. The van der Waals surface area contributed by atoms with Crippen LogP contribution < -0.4 is 9.64 Å². The minimum Gasteiger partial charge on any atom is -0.507 e. The highest BCUT2D eigenvalue weighted by Crippen LogP contribution is 2.39. The third kappa shape index (κ3) is 3.50. The van der Waals surface area contributed by atoms with Crippen LogP contribution in [0.1, 0.15) is 27.2 Å². The zero-order valence-corrected chi connectivity index (χ0v) is 14.9. The number of carbonyl (C=O) groups is 1. The Morgan fingerprint density at radius 3 is 2.59 bits per heavy atom. The molecule has 1 aliphatic rings. The zero-order valence-electron chi connectivity index (χ0n) is 14.9. The van der Waals surface area contributed by atoms with E-state index in [0.717, 1.165) is 6.54 Å². The Bertz CT molecular complexity index is 991. The van der Waals surface area contributed by atoms with E-state index >= 15 is 0 Å². The molecule has 2 heterocycles. The first-order valence-electron chi connectivity index (χ1n) is 8.79. The maximum Gasteiger partial charge on any atom is 0.232 e. The lowest BCUT2D eigenvalue weighted by Crippen LogP contribution is -3.06. The van der Waals surface area contributed by atoms with Crippen LogP contribution in [0.2, 0.25) is 0 Å². The molecule has 2 N–H and O–H groups in total. The molecular formula is C22H20NO4+. The summed E-state index contributed by atoms with van der Waals surface area (Å²) in [7, 11) is 2.04. The average molecular weight is 362 g/mol. The van der Waals surface area contributed by atoms with Gasteiger partial charge in [-0.05, 0) is 24.3 Å². The molecule has 0 saturated heterocycles. The third-order valence-corrected chi connectivity index (χ3v) is 4.56. The van der Waals surface area contributed by atoms with Crippen molar-refractivity contribution in [3.63, 3.8) is 0 Å². The molecule has 0 fully saturated rings. The van der Waals surface area contributed by atoms with Crippen LogP contribution in [0.15, 0.2) is 71.0 Å². The van der Waals surface area contributed by atoms with Crippen molar-refractivity contribution in [3.8, 4) is 11.5 Å². The number of quaternary nitrogens is 1. The van der Waals surface area contributed by atoms with Crippen LogP contribution in [0.5, 0.6) is 11.5 Å². The van der Waals surface area contributed by atoms with E-state index in [-0.39, 0.29) is 17.3 Å². The Morgan fingerprint density at radius 2 is 1.85 bits per heavy atom. The third-order valence-electron chi connectivity index (χ3n) is 4.56. The molecule has 0 saturated carbocycles. The molecular weight excluding hydrogens is 342 g/mol. The lowest BCUT2D eigenvalue weighted by molar-refractivity contribution is -0.907. The van der Waals surface area contributed by atoms with Gasteiger partial charge >= 0.3 is 0 Å². The second-order valence-electron chi connectivity index (χ2n) is 6.69. The molecule has 5 heteroatoms. The van der Waals surface area contributed by atoms with E-state index in [2.05, 4.69) is 12.1 Å². The van der Waals surface area contributed by atoms with Crippen molar-refractivity contribution in [2.75, 3.05) is 7.05 Å². The fourth-order valence-electron chi connectivity index (χ4n) is 3.28. The molecule has 5 nitrogen and oxygen atoms in total. The number of nitrogens with one attached hydrogen (secondary N) is 1. The number of ketones is 1. The zero-order chi connectivity index (χ0) is 18.8. The van der Waals surface area contributed by atoms with E-state index in [0.29, 0.717) is 29.2 Å². The average Bonchev–Trinajstić information content (AvgIpc) is 3.28. The van der Waals surface area contributed by atoms with Crippen LogP contribution in [0.4, 0.5) is 0 Å². The highest BCUT2D eigenvalue weighted by molar-refractivity contribution is 6.14. The van der Waals surface area contributed by atoms with Crippen molar-refractivity contribution in [1.29, 1.82) is 0 Å². The molecule has 0 radical (unpaired) electrons. The Hall–Kier alpha value is -3.31. The Labute approximate surface area is 157 Å². The lowest BCUT2D eigenvalue weighted by atomic mass is 10.0. The quantitative estimate of drug-likeness (QED) is 0.685. The summed E-state index contributed by atoms with van der Waals surface area (Å²) in [5, 5.41) is 10.4. The number of phenols is 1. The van der Waals surface area contributed by atoms with Gasteiger partial charge in [0.1, 0.15) is 24.6 Å². The van der Waals surface area contributed by atoms with Gasteiger partial charge in [0.25, 0.3) is 0 Å². The molecule has 3 aromatic rings. The number of Topliss-reactive ketones (excluding diaryl/α,β-unsaturated/α-hetero) is 1. The fourth-order valence-corrected chi connectivity index (χ4v) is 3.28. The van der Waals surface area contributed by atoms with Crippen LogP contribution in [0.3, 0.4) is 0 Å². The van der Waals surface area contributed by atoms with Gasteiger partial charge < -0.3 is 19.2 Å². The van der Waals surface area contributed by atoms with Crippen LogP contribution in [-0.4, -0.2) is 17.9 Å². The maximum atomic E-state index is 12.6. The molecule has 0 aliphatic carbocycles. The molecule has 1 unspecified atom stereocenters. The van der Waals surface area contributed by atoms with Crippen molar-refractivity contribution < 1.29 is 24.0 Å². The Balaban J connectivity index is 1.60. The topological polar surface area (TPSA) is 64.1 Å². The number of ether oxygens (including phenoxy) is 1. The largest absolute Gasteiger partial charge is 0.507 e. The van der Waals surface area contributed by atoms with Crippen molar-refractivity contribution in [1.82, 2.24) is 0 Å². The first kappa shape index (κ1) is 17.1. The number of fused-ring (bicyclic) bond motifs is 1.